The molecule has 11 nitrogen and oxygen atoms in total. The van der Waals surface area contributed by atoms with Crippen LogP contribution in [0.1, 0.15) is 140 Å². The Morgan fingerprint density at radius 1 is 0.768 bits per heavy atom. The zero-order valence-electron chi connectivity index (χ0n) is 41.4. The molecule has 4 aromatic rings. The van der Waals surface area contributed by atoms with Gasteiger partial charge in [-0.1, -0.05) is 68.7 Å². The number of benzene rings is 3. The molecule has 1 heterocycles. The number of esters is 2. The standard InChI is InChI=1S/C57H77N3O8S/c1-4-12-42-15-19-44(20-16-42)45-23-25-46(26-24-45)48-27-32-53(49(39-48)40-58-60(33-36-64-38-37-63-3)57-59-52-13-8-9-14-54(52)69-57)67-41-43-17-21-47(22-18-43)56(62)68-51-30-28-50(29-31-51)65-34-10-6-7-11-35-66-55(61)5-2/h5,8-9,13-14,27-32,39-40,42-47H,2,4,6-7,10-12,15-26,33-38,41H2,1,3H3/b58-40+. The Bertz CT molecular complexity index is 2150. The van der Waals surface area contributed by atoms with Crippen molar-refractivity contribution in [3.8, 4) is 17.2 Å². The molecule has 0 amide bonds. The number of ether oxygens (including phenoxy) is 6. The fourth-order valence-electron chi connectivity index (χ4n) is 10.6. The molecule has 0 bridgehead atoms. The number of aromatic nitrogens is 1. The summed E-state index contributed by atoms with van der Waals surface area (Å²) in [5, 5.41) is 7.89. The van der Waals surface area contributed by atoms with Crippen LogP contribution in [0.2, 0.25) is 0 Å². The molecule has 0 N–H and O–H groups in total. The van der Waals surface area contributed by atoms with Gasteiger partial charge in [0, 0.05) is 18.7 Å². The number of hydrazone groups is 1. The van der Waals surface area contributed by atoms with Crippen molar-refractivity contribution in [2.75, 3.05) is 58.3 Å². The Labute approximate surface area is 415 Å². The van der Waals surface area contributed by atoms with Crippen molar-refractivity contribution < 1.29 is 38.0 Å². The lowest BCUT2D eigenvalue weighted by molar-refractivity contribution is -0.140. The minimum Gasteiger partial charge on any atom is -0.494 e. The number of nitrogens with zero attached hydrogens (tertiary/aromatic N) is 3. The average Bonchev–Trinajstić information content (AvgIpc) is 3.83. The molecular formula is C57H77N3O8S. The number of rotatable bonds is 27. The first-order valence-electron chi connectivity index (χ1n) is 26.1. The van der Waals surface area contributed by atoms with Crippen LogP contribution >= 0.6 is 11.3 Å². The van der Waals surface area contributed by atoms with E-state index in [1.807, 2.05) is 41.6 Å². The SMILES string of the molecule is C=CC(=O)OCCCCCCOc1ccc(OC(=O)C2CCC(COc3ccc(C4CCC(C5CCC(CCC)CC5)CC4)cc3/C=N/N(CCOCCOC)c3nc4ccccc4s3)CC2)cc1. The summed E-state index contributed by atoms with van der Waals surface area (Å²) in [7, 11) is 1.68. The summed E-state index contributed by atoms with van der Waals surface area (Å²) in [6.45, 7) is 9.42. The number of anilines is 1. The lowest BCUT2D eigenvalue weighted by atomic mass is 9.68. The zero-order chi connectivity index (χ0) is 48.0. The third-order valence-corrected chi connectivity index (χ3v) is 15.7. The van der Waals surface area contributed by atoms with Gasteiger partial charge in [0.2, 0.25) is 5.13 Å². The zero-order valence-corrected chi connectivity index (χ0v) is 42.2. The molecule has 1 aromatic heterocycles. The first kappa shape index (κ1) is 52.1. The minimum absolute atomic E-state index is 0.141. The molecule has 12 heteroatoms. The van der Waals surface area contributed by atoms with E-state index in [1.165, 1.54) is 75.8 Å². The number of unbranched alkanes of at least 4 members (excludes halogenated alkanes) is 3. The highest BCUT2D eigenvalue weighted by Crippen LogP contribution is 2.45. The van der Waals surface area contributed by atoms with Crippen molar-refractivity contribution in [3.05, 3.63) is 90.5 Å². The summed E-state index contributed by atoms with van der Waals surface area (Å²) in [4.78, 5) is 29.4. The van der Waals surface area contributed by atoms with Gasteiger partial charge in [0.05, 0.1) is 68.5 Å². The molecule has 3 aliphatic carbocycles. The highest BCUT2D eigenvalue weighted by molar-refractivity contribution is 7.22. The van der Waals surface area contributed by atoms with Crippen LogP contribution in [0.15, 0.2) is 84.5 Å². The van der Waals surface area contributed by atoms with Crippen molar-refractivity contribution in [3.63, 3.8) is 0 Å². The van der Waals surface area contributed by atoms with Gasteiger partial charge in [0.1, 0.15) is 17.2 Å². The molecule has 3 saturated carbocycles. The maximum Gasteiger partial charge on any atom is 0.330 e. The van der Waals surface area contributed by atoms with E-state index in [9.17, 15) is 9.59 Å². The van der Waals surface area contributed by atoms with Crippen molar-refractivity contribution in [1.82, 2.24) is 4.98 Å². The third-order valence-electron chi connectivity index (χ3n) is 14.7. The summed E-state index contributed by atoms with van der Waals surface area (Å²) in [5.41, 5.74) is 3.31. The van der Waals surface area contributed by atoms with Gasteiger partial charge in [-0.2, -0.15) is 5.10 Å². The van der Waals surface area contributed by atoms with E-state index in [0.717, 1.165) is 102 Å². The first-order valence-corrected chi connectivity index (χ1v) is 26.9. The van der Waals surface area contributed by atoms with Gasteiger partial charge in [-0.05, 0) is 174 Å². The minimum atomic E-state index is -0.381. The van der Waals surface area contributed by atoms with Crippen LogP contribution in [0.5, 0.6) is 17.2 Å². The Balaban J connectivity index is 0.934. The molecule has 3 aliphatic rings. The van der Waals surface area contributed by atoms with Gasteiger partial charge >= 0.3 is 11.9 Å². The van der Waals surface area contributed by atoms with E-state index in [1.54, 1.807) is 30.6 Å². The predicted octanol–water partition coefficient (Wildman–Crippen LogP) is 13.1. The number of para-hydroxylation sites is 1. The fraction of sp³-hybridized carbons (Fsp3) is 0.579. The second kappa shape index (κ2) is 28.2. The topological polar surface area (TPSA) is 118 Å². The summed E-state index contributed by atoms with van der Waals surface area (Å²) >= 11 is 1.63. The van der Waals surface area contributed by atoms with E-state index in [2.05, 4.69) is 37.8 Å². The van der Waals surface area contributed by atoms with Crippen molar-refractivity contribution in [2.45, 2.75) is 128 Å². The summed E-state index contributed by atoms with van der Waals surface area (Å²) in [6, 6.07) is 22.3. The number of fused-ring (bicyclic) bond motifs is 1. The molecule has 0 aliphatic heterocycles. The van der Waals surface area contributed by atoms with Crippen LogP contribution in [0.4, 0.5) is 5.13 Å². The van der Waals surface area contributed by atoms with Crippen LogP contribution in [-0.2, 0) is 23.8 Å². The Morgan fingerprint density at radius 2 is 1.48 bits per heavy atom. The van der Waals surface area contributed by atoms with E-state index in [-0.39, 0.29) is 17.9 Å². The highest BCUT2D eigenvalue weighted by Gasteiger charge is 2.32. The fourth-order valence-corrected chi connectivity index (χ4v) is 11.5. The molecule has 0 unspecified atom stereocenters. The number of carbonyl (C=O) groups is 2. The van der Waals surface area contributed by atoms with E-state index in [4.69, 9.17) is 38.5 Å². The smallest absolute Gasteiger partial charge is 0.330 e. The second-order valence-corrected chi connectivity index (χ2v) is 20.5. The van der Waals surface area contributed by atoms with E-state index >= 15 is 0 Å². The Kier molecular flexibility index (Phi) is 21.2. The maximum absolute atomic E-state index is 13.3. The molecule has 0 atom stereocenters. The summed E-state index contributed by atoms with van der Waals surface area (Å²) < 4.78 is 35.7. The number of hydrogen-bond donors (Lipinski definition) is 0. The quantitative estimate of drug-likeness (QED) is 0.0143. The van der Waals surface area contributed by atoms with Crippen LogP contribution in [-0.4, -0.2) is 76.4 Å². The normalized spacial score (nSPS) is 21.8. The van der Waals surface area contributed by atoms with Crippen molar-refractivity contribution in [2.24, 2.45) is 34.7 Å². The van der Waals surface area contributed by atoms with Gasteiger partial charge in [0.15, 0.2) is 0 Å². The monoisotopic (exact) mass is 964 g/mol. The van der Waals surface area contributed by atoms with Gasteiger partial charge in [-0.25, -0.2) is 14.8 Å². The van der Waals surface area contributed by atoms with Gasteiger partial charge in [-0.15, -0.1) is 0 Å². The van der Waals surface area contributed by atoms with Crippen LogP contribution in [0, 0.1) is 29.6 Å². The number of carbonyl (C=O) groups excluding carboxylic acids is 2. The predicted molar refractivity (Wildman–Crippen MR) is 277 cm³/mol. The molecule has 3 fully saturated rings. The van der Waals surface area contributed by atoms with Crippen molar-refractivity contribution >= 4 is 44.8 Å². The highest BCUT2D eigenvalue weighted by atomic mass is 32.1. The van der Waals surface area contributed by atoms with Gasteiger partial charge in [-0.3, -0.25) is 4.79 Å². The van der Waals surface area contributed by atoms with Gasteiger partial charge in [0.25, 0.3) is 0 Å². The van der Waals surface area contributed by atoms with Crippen LogP contribution < -0.4 is 19.2 Å². The average molecular weight is 964 g/mol. The molecule has 0 saturated heterocycles. The third kappa shape index (κ3) is 16.4. The molecule has 3 aromatic carbocycles. The molecule has 0 spiro atoms. The van der Waals surface area contributed by atoms with E-state index in [0.29, 0.717) is 63.8 Å². The lowest BCUT2D eigenvalue weighted by Gasteiger charge is -2.38. The molecule has 7 rings (SSSR count). The summed E-state index contributed by atoms with van der Waals surface area (Å²) in [6.07, 6.45) is 23.7. The number of thiazole rings is 1. The number of hydrogen-bond acceptors (Lipinski definition) is 12. The molecule has 374 valence electrons. The Hall–Kier alpha value is -4.78. The Morgan fingerprint density at radius 3 is 2.20 bits per heavy atom. The van der Waals surface area contributed by atoms with Crippen LogP contribution in [0.3, 0.4) is 0 Å². The van der Waals surface area contributed by atoms with Crippen molar-refractivity contribution in [1.29, 1.82) is 0 Å². The largest absolute Gasteiger partial charge is 0.494 e. The maximum atomic E-state index is 13.3. The second-order valence-electron chi connectivity index (χ2n) is 19.5. The lowest BCUT2D eigenvalue weighted by Crippen LogP contribution is -2.27. The molecule has 0 radical (unpaired) electrons. The van der Waals surface area contributed by atoms with E-state index < -0.39 is 0 Å². The molecule has 69 heavy (non-hydrogen) atoms. The van der Waals surface area contributed by atoms with Crippen LogP contribution in [0.25, 0.3) is 10.2 Å². The molecular weight excluding hydrogens is 887 g/mol. The summed E-state index contributed by atoms with van der Waals surface area (Å²) in [5.74, 6) is 5.00. The number of methoxy groups -OCH3 is 1. The first-order chi connectivity index (χ1) is 33.9. The van der Waals surface area contributed by atoms with Gasteiger partial charge < -0.3 is 28.4 Å².